The lowest BCUT2D eigenvalue weighted by Crippen LogP contribution is -2.17. The van der Waals surface area contributed by atoms with E-state index < -0.39 is 0 Å². The molecule has 1 rings (SSSR count). The molecule has 17 heavy (non-hydrogen) atoms. The largest absolute Gasteiger partial charge is 0.330 e. The Kier molecular flexibility index (Phi) is 5.13. The van der Waals surface area contributed by atoms with Crippen LogP contribution in [0.1, 0.15) is 51.2 Å². The van der Waals surface area contributed by atoms with Crippen LogP contribution in [0.15, 0.2) is 18.2 Å². The highest BCUT2D eigenvalue weighted by molar-refractivity contribution is 5.30. The van der Waals surface area contributed by atoms with E-state index in [0.717, 1.165) is 37.8 Å². The summed E-state index contributed by atoms with van der Waals surface area (Å²) in [5.74, 6) is -0.0839. The van der Waals surface area contributed by atoms with E-state index in [9.17, 15) is 4.39 Å². The van der Waals surface area contributed by atoms with Crippen LogP contribution in [0.3, 0.4) is 0 Å². The molecule has 0 unspecified atom stereocenters. The average Bonchev–Trinajstić information content (AvgIpc) is 2.31. The molecule has 1 aromatic rings. The van der Waals surface area contributed by atoms with E-state index in [0.29, 0.717) is 0 Å². The van der Waals surface area contributed by atoms with Crippen LogP contribution >= 0.6 is 0 Å². The summed E-state index contributed by atoms with van der Waals surface area (Å²) < 4.78 is 13.8. The number of halogens is 1. The number of benzene rings is 1. The summed E-state index contributed by atoms with van der Waals surface area (Å²) in [6, 6.07) is 5.51. The summed E-state index contributed by atoms with van der Waals surface area (Å²) in [4.78, 5) is 0. The molecular weight excluding hydrogens is 213 g/mol. The molecule has 0 fully saturated rings. The smallest absolute Gasteiger partial charge is 0.126 e. The van der Waals surface area contributed by atoms with Crippen LogP contribution in [-0.4, -0.2) is 6.54 Å². The Balaban J connectivity index is 2.87. The maximum Gasteiger partial charge on any atom is 0.126 e. The Morgan fingerprint density at radius 3 is 2.53 bits per heavy atom. The van der Waals surface area contributed by atoms with Gasteiger partial charge in [-0.25, -0.2) is 4.39 Å². The molecule has 0 aliphatic carbocycles. The summed E-state index contributed by atoms with van der Waals surface area (Å²) in [5, 5.41) is 0. The molecule has 0 aliphatic rings. The summed E-state index contributed by atoms with van der Waals surface area (Å²) in [5.41, 5.74) is 7.45. The minimum atomic E-state index is -0.0893. The van der Waals surface area contributed by atoms with Gasteiger partial charge in [0.1, 0.15) is 5.82 Å². The number of aryl methyl sites for hydroxylation is 1. The Bertz CT molecular complexity index is 358. The van der Waals surface area contributed by atoms with Crippen molar-refractivity contribution in [3.05, 3.63) is 35.1 Å². The third-order valence-corrected chi connectivity index (χ3v) is 3.56. The second kappa shape index (κ2) is 6.15. The zero-order chi connectivity index (χ0) is 12.9. The second-order valence-electron chi connectivity index (χ2n) is 5.30. The van der Waals surface area contributed by atoms with Crippen molar-refractivity contribution in [3.8, 4) is 0 Å². The minimum absolute atomic E-state index is 0.0839. The third-order valence-electron chi connectivity index (χ3n) is 3.56. The van der Waals surface area contributed by atoms with E-state index in [1.54, 1.807) is 6.07 Å². The predicted octanol–water partition coefficient (Wildman–Crippen LogP) is 3.79. The molecule has 0 aliphatic heterocycles. The van der Waals surface area contributed by atoms with Crippen molar-refractivity contribution in [3.63, 3.8) is 0 Å². The van der Waals surface area contributed by atoms with E-state index in [2.05, 4.69) is 20.8 Å². The van der Waals surface area contributed by atoms with Gasteiger partial charge in [-0.05, 0) is 54.8 Å². The molecule has 2 heteroatoms. The number of nitrogens with two attached hydrogens (primary N) is 1. The summed E-state index contributed by atoms with van der Waals surface area (Å²) in [6.07, 6.45) is 4.04. The van der Waals surface area contributed by atoms with Gasteiger partial charge in [0.25, 0.3) is 0 Å². The molecule has 0 bridgehead atoms. The van der Waals surface area contributed by atoms with Crippen LogP contribution in [0.4, 0.5) is 4.39 Å². The molecule has 2 N–H and O–H groups in total. The van der Waals surface area contributed by atoms with Crippen molar-refractivity contribution in [2.24, 2.45) is 5.73 Å². The number of rotatable bonds is 6. The van der Waals surface area contributed by atoms with E-state index >= 15 is 0 Å². The molecule has 0 saturated carbocycles. The van der Waals surface area contributed by atoms with E-state index in [1.807, 2.05) is 12.1 Å². The fourth-order valence-corrected chi connectivity index (χ4v) is 1.91. The maximum atomic E-state index is 13.8. The van der Waals surface area contributed by atoms with Crippen LogP contribution in [0.25, 0.3) is 0 Å². The Labute approximate surface area is 104 Å². The van der Waals surface area contributed by atoms with Crippen LogP contribution in [-0.2, 0) is 11.8 Å². The molecule has 0 atom stereocenters. The van der Waals surface area contributed by atoms with Crippen molar-refractivity contribution in [2.75, 3.05) is 6.54 Å². The van der Waals surface area contributed by atoms with E-state index in [-0.39, 0.29) is 11.2 Å². The van der Waals surface area contributed by atoms with E-state index in [4.69, 9.17) is 5.73 Å². The molecule has 0 radical (unpaired) electrons. The Hall–Kier alpha value is -0.890. The van der Waals surface area contributed by atoms with E-state index in [1.165, 1.54) is 5.56 Å². The summed E-state index contributed by atoms with van der Waals surface area (Å²) in [6.45, 7) is 7.01. The van der Waals surface area contributed by atoms with Crippen molar-refractivity contribution in [1.82, 2.24) is 0 Å². The highest BCUT2D eigenvalue weighted by Crippen LogP contribution is 2.29. The Morgan fingerprint density at radius 2 is 1.94 bits per heavy atom. The molecule has 1 aromatic carbocycles. The van der Waals surface area contributed by atoms with Gasteiger partial charge in [-0.15, -0.1) is 0 Å². The van der Waals surface area contributed by atoms with Gasteiger partial charge in [0.05, 0.1) is 0 Å². The first kappa shape index (κ1) is 14.2. The molecule has 1 nitrogen and oxygen atoms in total. The topological polar surface area (TPSA) is 26.0 Å². The first-order chi connectivity index (χ1) is 8.01. The van der Waals surface area contributed by atoms with Crippen molar-refractivity contribution in [2.45, 2.75) is 51.9 Å². The average molecular weight is 237 g/mol. The molecule has 0 saturated heterocycles. The quantitative estimate of drug-likeness (QED) is 0.748. The van der Waals surface area contributed by atoms with Gasteiger partial charge in [-0.2, -0.15) is 0 Å². The molecule has 0 amide bonds. The number of hydrogen-bond acceptors (Lipinski definition) is 1. The lowest BCUT2D eigenvalue weighted by atomic mass is 9.81. The highest BCUT2D eigenvalue weighted by atomic mass is 19.1. The van der Waals surface area contributed by atoms with Crippen LogP contribution < -0.4 is 5.73 Å². The zero-order valence-corrected chi connectivity index (χ0v) is 11.2. The van der Waals surface area contributed by atoms with Crippen molar-refractivity contribution >= 4 is 0 Å². The lowest BCUT2D eigenvalue weighted by Gasteiger charge is -2.24. The Morgan fingerprint density at radius 1 is 1.24 bits per heavy atom. The van der Waals surface area contributed by atoms with Crippen LogP contribution in [0.2, 0.25) is 0 Å². The lowest BCUT2D eigenvalue weighted by molar-refractivity contribution is 0.468. The third kappa shape index (κ3) is 3.81. The summed E-state index contributed by atoms with van der Waals surface area (Å²) in [7, 11) is 0. The second-order valence-corrected chi connectivity index (χ2v) is 5.30. The first-order valence-electron chi connectivity index (χ1n) is 6.50. The SMILES string of the molecule is CCC(C)(C)c1cc(CCCCN)ccc1F. The summed E-state index contributed by atoms with van der Waals surface area (Å²) >= 11 is 0. The number of hydrogen-bond donors (Lipinski definition) is 1. The fourth-order valence-electron chi connectivity index (χ4n) is 1.91. The normalized spacial score (nSPS) is 11.8. The number of unbranched alkanes of at least 4 members (excludes halogenated alkanes) is 1. The van der Waals surface area contributed by atoms with Gasteiger partial charge in [-0.3, -0.25) is 0 Å². The van der Waals surface area contributed by atoms with Crippen molar-refractivity contribution < 1.29 is 4.39 Å². The van der Waals surface area contributed by atoms with Crippen LogP contribution in [0.5, 0.6) is 0 Å². The molecule has 0 spiro atoms. The zero-order valence-electron chi connectivity index (χ0n) is 11.2. The molecular formula is C15H24FN. The molecule has 0 heterocycles. The van der Waals surface area contributed by atoms with Gasteiger partial charge >= 0.3 is 0 Å². The van der Waals surface area contributed by atoms with Gasteiger partial charge in [0.15, 0.2) is 0 Å². The van der Waals surface area contributed by atoms with Gasteiger partial charge in [0, 0.05) is 0 Å². The van der Waals surface area contributed by atoms with Gasteiger partial charge in [0.2, 0.25) is 0 Å². The molecule has 0 aromatic heterocycles. The first-order valence-corrected chi connectivity index (χ1v) is 6.50. The highest BCUT2D eigenvalue weighted by Gasteiger charge is 2.22. The maximum absolute atomic E-state index is 13.8. The van der Waals surface area contributed by atoms with Crippen molar-refractivity contribution in [1.29, 1.82) is 0 Å². The fraction of sp³-hybridized carbons (Fsp3) is 0.600. The van der Waals surface area contributed by atoms with Crippen LogP contribution in [0, 0.1) is 5.82 Å². The standard InChI is InChI=1S/C15H24FN/c1-4-15(2,3)13-11-12(7-5-6-10-17)8-9-14(13)16/h8-9,11H,4-7,10,17H2,1-3H3. The van der Waals surface area contributed by atoms with Gasteiger partial charge in [-0.1, -0.05) is 32.9 Å². The van der Waals surface area contributed by atoms with Gasteiger partial charge < -0.3 is 5.73 Å². The molecule has 96 valence electrons. The predicted molar refractivity (Wildman–Crippen MR) is 71.7 cm³/mol. The monoisotopic (exact) mass is 237 g/mol. The minimum Gasteiger partial charge on any atom is -0.330 e.